The SMILES string of the molecule is C=CC(=O)N1CCS(=O)CC1c1cc(Cl)cc(-c2nccc(N)n2)c1. The van der Waals surface area contributed by atoms with Crippen molar-refractivity contribution in [3.63, 3.8) is 0 Å². The molecule has 2 aromatic rings. The van der Waals surface area contributed by atoms with Gasteiger partial charge in [-0.15, -0.1) is 0 Å². The molecule has 2 atom stereocenters. The minimum Gasteiger partial charge on any atom is -0.384 e. The van der Waals surface area contributed by atoms with Gasteiger partial charge < -0.3 is 10.6 Å². The van der Waals surface area contributed by atoms with Gasteiger partial charge in [0, 0.05) is 45.6 Å². The Morgan fingerprint density at radius 2 is 2.24 bits per heavy atom. The Bertz CT molecular complexity index is 858. The number of amides is 1. The number of nitrogens with zero attached hydrogens (tertiary/aromatic N) is 3. The van der Waals surface area contributed by atoms with Crippen molar-refractivity contribution in [1.29, 1.82) is 0 Å². The van der Waals surface area contributed by atoms with Crippen LogP contribution in [0.3, 0.4) is 0 Å². The van der Waals surface area contributed by atoms with E-state index in [9.17, 15) is 9.00 Å². The Balaban J connectivity index is 2.04. The summed E-state index contributed by atoms with van der Waals surface area (Å²) in [6, 6.07) is 6.63. The molecule has 130 valence electrons. The number of carbonyl (C=O) groups is 1. The van der Waals surface area contributed by atoms with E-state index >= 15 is 0 Å². The summed E-state index contributed by atoms with van der Waals surface area (Å²) in [6.45, 7) is 3.96. The van der Waals surface area contributed by atoms with E-state index in [1.807, 2.05) is 6.07 Å². The van der Waals surface area contributed by atoms with Crippen LogP contribution in [0.5, 0.6) is 0 Å². The van der Waals surface area contributed by atoms with Crippen LogP contribution < -0.4 is 5.73 Å². The standard InChI is InChI=1S/C17H17ClN4O2S/c1-2-16(23)22-5-6-25(24)10-14(22)11-7-12(9-13(18)8-11)17-20-4-3-15(19)21-17/h2-4,7-9,14H,1,5-6,10H2,(H2,19,20,21). The van der Waals surface area contributed by atoms with E-state index in [1.54, 1.807) is 29.3 Å². The number of rotatable bonds is 3. The summed E-state index contributed by atoms with van der Waals surface area (Å²) in [4.78, 5) is 22.3. The van der Waals surface area contributed by atoms with Gasteiger partial charge in [-0.05, 0) is 35.9 Å². The normalized spacial score (nSPS) is 20.3. The lowest BCUT2D eigenvalue weighted by Crippen LogP contribution is -2.43. The predicted octanol–water partition coefficient (Wildman–Crippen LogP) is 2.20. The van der Waals surface area contributed by atoms with Gasteiger partial charge in [0.25, 0.3) is 0 Å². The zero-order valence-electron chi connectivity index (χ0n) is 13.4. The Hall–Kier alpha value is -2.25. The zero-order valence-corrected chi connectivity index (χ0v) is 15.0. The van der Waals surface area contributed by atoms with Crippen LogP contribution in [0, 0.1) is 0 Å². The first kappa shape index (κ1) is 17.6. The largest absolute Gasteiger partial charge is 0.384 e. The second-order valence-electron chi connectivity index (χ2n) is 5.64. The highest BCUT2D eigenvalue weighted by Crippen LogP contribution is 2.31. The van der Waals surface area contributed by atoms with Gasteiger partial charge in [-0.3, -0.25) is 9.00 Å². The van der Waals surface area contributed by atoms with Crippen molar-refractivity contribution in [2.75, 3.05) is 23.8 Å². The summed E-state index contributed by atoms with van der Waals surface area (Å²) in [7, 11) is -0.994. The minimum absolute atomic E-state index is 0.191. The average Bonchev–Trinajstić information content (AvgIpc) is 2.60. The molecule has 1 saturated heterocycles. The number of aromatic nitrogens is 2. The van der Waals surface area contributed by atoms with Gasteiger partial charge in [0.1, 0.15) is 5.82 Å². The van der Waals surface area contributed by atoms with Crippen molar-refractivity contribution < 1.29 is 9.00 Å². The Kier molecular flexibility index (Phi) is 5.15. The lowest BCUT2D eigenvalue weighted by Gasteiger charge is -2.35. The molecule has 6 nitrogen and oxygen atoms in total. The smallest absolute Gasteiger partial charge is 0.246 e. The average molecular weight is 377 g/mol. The molecular formula is C17H17ClN4O2S. The highest BCUT2D eigenvalue weighted by atomic mass is 35.5. The number of benzene rings is 1. The van der Waals surface area contributed by atoms with Crippen LogP contribution in [-0.2, 0) is 15.6 Å². The van der Waals surface area contributed by atoms with E-state index in [2.05, 4.69) is 16.5 Å². The number of hydrogen-bond acceptors (Lipinski definition) is 5. The van der Waals surface area contributed by atoms with Crippen molar-refractivity contribution >= 4 is 34.1 Å². The zero-order chi connectivity index (χ0) is 18.0. The molecular weight excluding hydrogens is 360 g/mol. The molecule has 25 heavy (non-hydrogen) atoms. The summed E-state index contributed by atoms with van der Waals surface area (Å²) in [5.41, 5.74) is 7.21. The summed E-state index contributed by atoms with van der Waals surface area (Å²) in [5, 5.41) is 0.487. The first-order valence-corrected chi connectivity index (χ1v) is 9.52. The van der Waals surface area contributed by atoms with E-state index < -0.39 is 10.8 Å². The van der Waals surface area contributed by atoms with Gasteiger partial charge in [0.15, 0.2) is 5.82 Å². The van der Waals surface area contributed by atoms with Crippen molar-refractivity contribution in [1.82, 2.24) is 14.9 Å². The Morgan fingerprint density at radius 1 is 1.44 bits per heavy atom. The number of carbonyl (C=O) groups excluding carboxylic acids is 1. The Labute approximate surface area is 153 Å². The quantitative estimate of drug-likeness (QED) is 0.829. The van der Waals surface area contributed by atoms with Gasteiger partial charge in [-0.2, -0.15) is 0 Å². The maximum absolute atomic E-state index is 12.2. The fraction of sp³-hybridized carbons (Fsp3) is 0.235. The van der Waals surface area contributed by atoms with Gasteiger partial charge in [-0.1, -0.05) is 18.2 Å². The molecule has 2 unspecified atom stereocenters. The van der Waals surface area contributed by atoms with Crippen LogP contribution in [0.15, 0.2) is 43.1 Å². The lowest BCUT2D eigenvalue weighted by molar-refractivity contribution is -0.127. The summed E-state index contributed by atoms with van der Waals surface area (Å²) in [6.07, 6.45) is 2.84. The number of anilines is 1. The third kappa shape index (κ3) is 3.88. The molecule has 1 aliphatic heterocycles. The van der Waals surface area contributed by atoms with Crippen molar-refractivity contribution in [3.8, 4) is 11.4 Å². The fourth-order valence-electron chi connectivity index (χ4n) is 2.81. The molecule has 0 aliphatic carbocycles. The van der Waals surface area contributed by atoms with Gasteiger partial charge in [-0.25, -0.2) is 9.97 Å². The van der Waals surface area contributed by atoms with Crippen LogP contribution in [0.1, 0.15) is 11.6 Å². The maximum Gasteiger partial charge on any atom is 0.246 e. The highest BCUT2D eigenvalue weighted by Gasteiger charge is 2.30. The third-order valence-corrected chi connectivity index (χ3v) is 5.52. The predicted molar refractivity (Wildman–Crippen MR) is 99.4 cm³/mol. The molecule has 1 aromatic heterocycles. The van der Waals surface area contributed by atoms with Crippen LogP contribution in [0.2, 0.25) is 5.02 Å². The van der Waals surface area contributed by atoms with Gasteiger partial charge in [0.2, 0.25) is 5.91 Å². The molecule has 3 rings (SSSR count). The van der Waals surface area contributed by atoms with E-state index in [4.69, 9.17) is 17.3 Å². The maximum atomic E-state index is 12.2. The topological polar surface area (TPSA) is 89.2 Å². The van der Waals surface area contributed by atoms with Crippen LogP contribution >= 0.6 is 11.6 Å². The second kappa shape index (κ2) is 7.33. The summed E-state index contributed by atoms with van der Waals surface area (Å²) >= 11 is 6.27. The second-order valence-corrected chi connectivity index (χ2v) is 7.70. The van der Waals surface area contributed by atoms with Crippen molar-refractivity contribution in [2.45, 2.75) is 6.04 Å². The first-order valence-electron chi connectivity index (χ1n) is 7.65. The lowest BCUT2D eigenvalue weighted by atomic mass is 10.0. The number of nitrogen functional groups attached to an aromatic ring is 1. The molecule has 0 spiro atoms. The molecule has 1 aromatic carbocycles. The molecule has 1 fully saturated rings. The summed E-state index contributed by atoms with van der Waals surface area (Å²) in [5.74, 6) is 1.43. The molecule has 2 N–H and O–H groups in total. The minimum atomic E-state index is -0.994. The number of nitrogens with two attached hydrogens (primary N) is 1. The van der Waals surface area contributed by atoms with Crippen LogP contribution in [0.4, 0.5) is 5.82 Å². The molecule has 1 amide bonds. The first-order chi connectivity index (χ1) is 12.0. The molecule has 0 bridgehead atoms. The molecule has 0 saturated carbocycles. The van der Waals surface area contributed by atoms with Gasteiger partial charge in [0.05, 0.1) is 6.04 Å². The molecule has 1 aliphatic rings. The highest BCUT2D eigenvalue weighted by molar-refractivity contribution is 7.85. The molecule has 2 heterocycles. The van der Waals surface area contributed by atoms with Crippen molar-refractivity contribution in [2.24, 2.45) is 0 Å². The van der Waals surface area contributed by atoms with Gasteiger partial charge >= 0.3 is 0 Å². The van der Waals surface area contributed by atoms with E-state index in [-0.39, 0.29) is 11.9 Å². The van der Waals surface area contributed by atoms with Crippen LogP contribution in [0.25, 0.3) is 11.4 Å². The fourth-order valence-corrected chi connectivity index (χ4v) is 4.34. The summed E-state index contributed by atoms with van der Waals surface area (Å²) < 4.78 is 12.1. The molecule has 8 heteroatoms. The number of halogens is 1. The van der Waals surface area contributed by atoms with Crippen molar-refractivity contribution in [3.05, 3.63) is 53.7 Å². The van der Waals surface area contributed by atoms with Crippen LogP contribution in [-0.4, -0.2) is 43.0 Å². The Morgan fingerprint density at radius 3 is 2.96 bits per heavy atom. The van der Waals surface area contributed by atoms with E-state index in [1.165, 1.54) is 6.08 Å². The van der Waals surface area contributed by atoms with E-state index in [0.29, 0.717) is 40.3 Å². The third-order valence-electron chi connectivity index (χ3n) is 3.98. The van der Waals surface area contributed by atoms with E-state index in [0.717, 1.165) is 5.56 Å². The monoisotopic (exact) mass is 376 g/mol. The molecule has 0 radical (unpaired) electrons. The number of hydrogen-bond donors (Lipinski definition) is 1.